The third kappa shape index (κ3) is 3.33. The zero-order chi connectivity index (χ0) is 13.2. The SMILES string of the molecule is CC(C)(C)c1ccc(CC2CNCCC2O)cc1. The molecule has 0 amide bonds. The number of benzene rings is 1. The van der Waals surface area contributed by atoms with Crippen molar-refractivity contribution in [1.82, 2.24) is 5.32 Å². The first-order valence-electron chi connectivity index (χ1n) is 6.95. The van der Waals surface area contributed by atoms with E-state index in [-0.39, 0.29) is 11.5 Å². The molecule has 0 aromatic heterocycles. The largest absolute Gasteiger partial charge is 0.393 e. The van der Waals surface area contributed by atoms with Crippen molar-refractivity contribution in [1.29, 1.82) is 0 Å². The zero-order valence-corrected chi connectivity index (χ0v) is 11.7. The molecular formula is C16H25NO. The second kappa shape index (κ2) is 5.41. The summed E-state index contributed by atoms with van der Waals surface area (Å²) in [5.41, 5.74) is 2.91. The highest BCUT2D eigenvalue weighted by Gasteiger charge is 2.23. The van der Waals surface area contributed by atoms with E-state index in [9.17, 15) is 5.11 Å². The van der Waals surface area contributed by atoms with Crippen LogP contribution in [0.3, 0.4) is 0 Å². The first-order chi connectivity index (χ1) is 8.47. The van der Waals surface area contributed by atoms with Crippen molar-refractivity contribution in [3.63, 3.8) is 0 Å². The van der Waals surface area contributed by atoms with Gasteiger partial charge in [-0.2, -0.15) is 0 Å². The number of hydrogen-bond donors (Lipinski definition) is 2. The molecule has 1 aromatic carbocycles. The minimum absolute atomic E-state index is 0.145. The summed E-state index contributed by atoms with van der Waals surface area (Å²) in [7, 11) is 0. The van der Waals surface area contributed by atoms with E-state index >= 15 is 0 Å². The van der Waals surface area contributed by atoms with Crippen LogP contribution in [0, 0.1) is 5.92 Å². The molecule has 2 rings (SSSR count). The van der Waals surface area contributed by atoms with Gasteiger partial charge in [0.1, 0.15) is 0 Å². The van der Waals surface area contributed by atoms with Crippen LogP contribution in [0.15, 0.2) is 24.3 Å². The summed E-state index contributed by atoms with van der Waals surface area (Å²) in [6.45, 7) is 8.58. The highest BCUT2D eigenvalue weighted by molar-refractivity contribution is 5.27. The van der Waals surface area contributed by atoms with Crippen molar-refractivity contribution in [3.8, 4) is 0 Å². The van der Waals surface area contributed by atoms with E-state index in [1.165, 1.54) is 11.1 Å². The van der Waals surface area contributed by atoms with E-state index in [0.717, 1.165) is 25.9 Å². The molecular weight excluding hydrogens is 222 g/mol. The first-order valence-corrected chi connectivity index (χ1v) is 6.95. The minimum atomic E-state index is -0.145. The summed E-state index contributed by atoms with van der Waals surface area (Å²) in [6.07, 6.45) is 1.71. The zero-order valence-electron chi connectivity index (χ0n) is 11.7. The van der Waals surface area contributed by atoms with E-state index in [1.54, 1.807) is 0 Å². The van der Waals surface area contributed by atoms with Crippen molar-refractivity contribution in [2.75, 3.05) is 13.1 Å². The Balaban J connectivity index is 2.02. The average molecular weight is 247 g/mol. The highest BCUT2D eigenvalue weighted by atomic mass is 16.3. The molecule has 0 spiro atoms. The summed E-state index contributed by atoms with van der Waals surface area (Å²) in [5, 5.41) is 13.3. The van der Waals surface area contributed by atoms with Crippen LogP contribution < -0.4 is 5.32 Å². The molecule has 0 bridgehead atoms. The van der Waals surface area contributed by atoms with Gasteiger partial charge in [0.05, 0.1) is 6.10 Å². The number of aliphatic hydroxyl groups excluding tert-OH is 1. The number of aliphatic hydroxyl groups is 1. The van der Waals surface area contributed by atoms with Gasteiger partial charge in [0, 0.05) is 12.5 Å². The molecule has 2 unspecified atom stereocenters. The Kier molecular flexibility index (Phi) is 4.08. The minimum Gasteiger partial charge on any atom is -0.393 e. The lowest BCUT2D eigenvalue weighted by Crippen LogP contribution is -2.40. The number of piperidine rings is 1. The topological polar surface area (TPSA) is 32.3 Å². The summed E-state index contributed by atoms with van der Waals surface area (Å²) < 4.78 is 0. The molecule has 18 heavy (non-hydrogen) atoms. The van der Waals surface area contributed by atoms with Gasteiger partial charge in [-0.15, -0.1) is 0 Å². The van der Waals surface area contributed by atoms with E-state index in [2.05, 4.69) is 50.4 Å². The van der Waals surface area contributed by atoms with Gasteiger partial charge in [-0.05, 0) is 35.9 Å². The lowest BCUT2D eigenvalue weighted by molar-refractivity contribution is 0.0791. The highest BCUT2D eigenvalue weighted by Crippen LogP contribution is 2.24. The van der Waals surface area contributed by atoms with Crippen molar-refractivity contribution in [2.45, 2.75) is 45.1 Å². The second-order valence-corrected chi connectivity index (χ2v) is 6.47. The normalized spacial score (nSPS) is 25.1. The van der Waals surface area contributed by atoms with E-state index < -0.39 is 0 Å². The molecule has 1 saturated heterocycles. The monoisotopic (exact) mass is 247 g/mol. The van der Waals surface area contributed by atoms with Gasteiger partial charge in [0.2, 0.25) is 0 Å². The van der Waals surface area contributed by atoms with Crippen LogP contribution in [0.4, 0.5) is 0 Å². The maximum atomic E-state index is 9.97. The van der Waals surface area contributed by atoms with Crippen molar-refractivity contribution < 1.29 is 5.11 Å². The van der Waals surface area contributed by atoms with Gasteiger partial charge in [-0.3, -0.25) is 0 Å². The Labute approximate surface area is 110 Å². The number of hydrogen-bond acceptors (Lipinski definition) is 2. The van der Waals surface area contributed by atoms with Gasteiger partial charge in [-0.25, -0.2) is 0 Å². The number of rotatable bonds is 2. The average Bonchev–Trinajstić information content (AvgIpc) is 2.32. The van der Waals surface area contributed by atoms with E-state index in [0.29, 0.717) is 5.92 Å². The first kappa shape index (κ1) is 13.6. The second-order valence-electron chi connectivity index (χ2n) is 6.47. The molecule has 1 aliphatic rings. The molecule has 2 nitrogen and oxygen atoms in total. The van der Waals surface area contributed by atoms with E-state index in [4.69, 9.17) is 0 Å². The van der Waals surface area contributed by atoms with Crippen LogP contribution in [0.5, 0.6) is 0 Å². The molecule has 2 N–H and O–H groups in total. The van der Waals surface area contributed by atoms with Crippen LogP contribution in [0.25, 0.3) is 0 Å². The van der Waals surface area contributed by atoms with Gasteiger partial charge >= 0.3 is 0 Å². The molecule has 1 fully saturated rings. The molecule has 0 aliphatic carbocycles. The maximum Gasteiger partial charge on any atom is 0.0595 e. The molecule has 100 valence electrons. The fourth-order valence-corrected chi connectivity index (χ4v) is 2.56. The molecule has 0 radical (unpaired) electrons. The molecule has 2 atom stereocenters. The molecule has 1 heterocycles. The molecule has 2 heteroatoms. The molecule has 0 saturated carbocycles. The van der Waals surface area contributed by atoms with Gasteiger partial charge in [0.15, 0.2) is 0 Å². The standard InChI is InChI=1S/C16H25NO/c1-16(2,3)14-6-4-12(5-7-14)10-13-11-17-9-8-15(13)18/h4-7,13,15,17-18H,8-11H2,1-3H3. The summed E-state index contributed by atoms with van der Waals surface area (Å²) >= 11 is 0. The fourth-order valence-electron chi connectivity index (χ4n) is 2.56. The van der Waals surface area contributed by atoms with Crippen LogP contribution >= 0.6 is 0 Å². The molecule has 1 aliphatic heterocycles. The smallest absolute Gasteiger partial charge is 0.0595 e. The quantitative estimate of drug-likeness (QED) is 0.841. The van der Waals surface area contributed by atoms with Crippen molar-refractivity contribution in [2.24, 2.45) is 5.92 Å². The summed E-state index contributed by atoms with van der Waals surface area (Å²) in [5.74, 6) is 0.360. The third-order valence-corrected chi connectivity index (χ3v) is 3.89. The van der Waals surface area contributed by atoms with Crippen molar-refractivity contribution in [3.05, 3.63) is 35.4 Å². The maximum absolute atomic E-state index is 9.97. The lowest BCUT2D eigenvalue weighted by Gasteiger charge is -2.28. The lowest BCUT2D eigenvalue weighted by atomic mass is 9.85. The van der Waals surface area contributed by atoms with Crippen LogP contribution in [0.2, 0.25) is 0 Å². The van der Waals surface area contributed by atoms with E-state index in [1.807, 2.05) is 0 Å². The van der Waals surface area contributed by atoms with Crippen LogP contribution in [0.1, 0.15) is 38.3 Å². The Hall–Kier alpha value is -0.860. The molecule has 1 aromatic rings. The van der Waals surface area contributed by atoms with Gasteiger partial charge in [0.25, 0.3) is 0 Å². The van der Waals surface area contributed by atoms with Crippen molar-refractivity contribution >= 4 is 0 Å². The van der Waals surface area contributed by atoms with Crippen LogP contribution in [-0.4, -0.2) is 24.3 Å². The third-order valence-electron chi connectivity index (χ3n) is 3.89. The summed E-state index contributed by atoms with van der Waals surface area (Å²) in [4.78, 5) is 0. The van der Waals surface area contributed by atoms with Gasteiger partial charge in [-0.1, -0.05) is 45.0 Å². The Bertz CT molecular complexity index is 377. The fraction of sp³-hybridized carbons (Fsp3) is 0.625. The number of nitrogens with one attached hydrogen (secondary N) is 1. The predicted molar refractivity (Wildman–Crippen MR) is 75.8 cm³/mol. The summed E-state index contributed by atoms with van der Waals surface area (Å²) in [6, 6.07) is 8.86. The Morgan fingerprint density at radius 2 is 1.89 bits per heavy atom. The predicted octanol–water partition coefficient (Wildman–Crippen LogP) is 2.50. The van der Waals surface area contributed by atoms with Gasteiger partial charge < -0.3 is 10.4 Å². The van der Waals surface area contributed by atoms with Crippen LogP contribution in [-0.2, 0) is 11.8 Å². The Morgan fingerprint density at radius 3 is 2.44 bits per heavy atom. The Morgan fingerprint density at radius 1 is 1.22 bits per heavy atom.